The van der Waals surface area contributed by atoms with Crippen LogP contribution in [0.2, 0.25) is 0 Å². The van der Waals surface area contributed by atoms with Crippen molar-refractivity contribution in [3.8, 4) is 0 Å². The number of likely N-dealkylation sites (tertiary alicyclic amines) is 1. The van der Waals surface area contributed by atoms with Gasteiger partial charge in [0.1, 0.15) is 0 Å². The maximum Gasteiger partial charge on any atom is 0.253 e. The van der Waals surface area contributed by atoms with Gasteiger partial charge in [0.15, 0.2) is 0 Å². The molecule has 1 amide bonds. The summed E-state index contributed by atoms with van der Waals surface area (Å²) >= 11 is 0. The van der Waals surface area contributed by atoms with Crippen LogP contribution >= 0.6 is 12.4 Å². The number of halogens is 1. The highest BCUT2D eigenvalue weighted by atomic mass is 35.5. The van der Waals surface area contributed by atoms with Crippen molar-refractivity contribution in [3.63, 3.8) is 0 Å². The lowest BCUT2D eigenvalue weighted by Gasteiger charge is -2.22. The summed E-state index contributed by atoms with van der Waals surface area (Å²) in [4.78, 5) is 14.3. The van der Waals surface area contributed by atoms with Crippen molar-refractivity contribution in [2.24, 2.45) is 11.1 Å². The minimum absolute atomic E-state index is 0. The Morgan fingerprint density at radius 1 is 1.40 bits per heavy atom. The molecule has 2 rings (SSSR count). The minimum Gasteiger partial charge on any atom is -0.380 e. The fraction of sp³-hybridized carbons (Fsp3) is 0.533. The SMILES string of the molecule is COCc1ccc(C(=O)N2CCC(C)(CN)C2)cc1.Cl. The second-order valence-electron chi connectivity index (χ2n) is 5.62. The summed E-state index contributed by atoms with van der Waals surface area (Å²) in [5.74, 6) is 0.0983. The first-order chi connectivity index (χ1) is 9.08. The van der Waals surface area contributed by atoms with Crippen molar-refractivity contribution in [3.05, 3.63) is 35.4 Å². The number of hydrogen-bond donors (Lipinski definition) is 1. The molecule has 1 saturated heterocycles. The molecule has 4 nitrogen and oxygen atoms in total. The van der Waals surface area contributed by atoms with Crippen molar-refractivity contribution in [2.45, 2.75) is 20.0 Å². The molecule has 1 aromatic carbocycles. The number of carbonyl (C=O) groups excluding carboxylic acids is 1. The van der Waals surface area contributed by atoms with Gasteiger partial charge in [0.2, 0.25) is 0 Å². The average Bonchev–Trinajstić information content (AvgIpc) is 2.83. The number of amides is 1. The molecule has 112 valence electrons. The molecule has 20 heavy (non-hydrogen) atoms. The molecule has 1 unspecified atom stereocenters. The standard InChI is InChI=1S/C15H22N2O2.ClH/c1-15(10-16)7-8-17(11-15)14(18)13-5-3-12(4-6-13)9-19-2;/h3-6H,7-11,16H2,1-2H3;1H. The monoisotopic (exact) mass is 298 g/mol. The summed E-state index contributed by atoms with van der Waals surface area (Å²) < 4.78 is 5.06. The van der Waals surface area contributed by atoms with Crippen LogP contribution in [-0.4, -0.2) is 37.6 Å². The zero-order valence-corrected chi connectivity index (χ0v) is 12.9. The van der Waals surface area contributed by atoms with Gasteiger partial charge in [-0.3, -0.25) is 4.79 Å². The number of carbonyl (C=O) groups is 1. The van der Waals surface area contributed by atoms with Crippen molar-refractivity contribution in [1.29, 1.82) is 0 Å². The predicted octanol–water partition coefficient (Wildman–Crippen LogP) is 2.07. The molecule has 1 heterocycles. The van der Waals surface area contributed by atoms with Gasteiger partial charge in [0, 0.05) is 25.8 Å². The Labute approximate surface area is 126 Å². The van der Waals surface area contributed by atoms with Crippen LogP contribution in [0.1, 0.15) is 29.3 Å². The Balaban J connectivity index is 0.00000200. The summed E-state index contributed by atoms with van der Waals surface area (Å²) in [5, 5.41) is 0. The van der Waals surface area contributed by atoms with Gasteiger partial charge >= 0.3 is 0 Å². The smallest absolute Gasteiger partial charge is 0.253 e. The zero-order valence-electron chi connectivity index (χ0n) is 12.1. The lowest BCUT2D eigenvalue weighted by atomic mass is 9.90. The quantitative estimate of drug-likeness (QED) is 0.926. The second-order valence-corrected chi connectivity index (χ2v) is 5.62. The van der Waals surface area contributed by atoms with Crippen molar-refractivity contribution >= 4 is 18.3 Å². The van der Waals surface area contributed by atoms with E-state index in [0.717, 1.165) is 30.6 Å². The third-order valence-electron chi connectivity index (χ3n) is 3.85. The number of nitrogens with zero attached hydrogens (tertiary/aromatic N) is 1. The summed E-state index contributed by atoms with van der Waals surface area (Å²) in [5.41, 5.74) is 7.66. The Kier molecular flexibility index (Phi) is 5.99. The van der Waals surface area contributed by atoms with Gasteiger partial charge in [-0.25, -0.2) is 0 Å². The first-order valence-corrected chi connectivity index (χ1v) is 6.65. The zero-order chi connectivity index (χ0) is 13.9. The first kappa shape index (κ1) is 17.0. The van der Waals surface area contributed by atoms with E-state index >= 15 is 0 Å². The van der Waals surface area contributed by atoms with Crippen LogP contribution in [0.4, 0.5) is 0 Å². The van der Waals surface area contributed by atoms with Gasteiger partial charge in [0.05, 0.1) is 6.61 Å². The highest BCUT2D eigenvalue weighted by molar-refractivity contribution is 5.94. The van der Waals surface area contributed by atoms with E-state index in [1.54, 1.807) is 7.11 Å². The molecule has 1 aliphatic heterocycles. The minimum atomic E-state index is 0. The third-order valence-corrected chi connectivity index (χ3v) is 3.85. The molecular weight excluding hydrogens is 276 g/mol. The van der Waals surface area contributed by atoms with E-state index in [4.69, 9.17) is 10.5 Å². The number of benzene rings is 1. The summed E-state index contributed by atoms with van der Waals surface area (Å²) in [6, 6.07) is 7.62. The normalized spacial score (nSPS) is 21.6. The van der Waals surface area contributed by atoms with E-state index in [2.05, 4.69) is 6.92 Å². The van der Waals surface area contributed by atoms with Crippen LogP contribution in [0.15, 0.2) is 24.3 Å². The van der Waals surface area contributed by atoms with Crippen molar-refractivity contribution in [1.82, 2.24) is 4.90 Å². The summed E-state index contributed by atoms with van der Waals surface area (Å²) in [6.45, 7) is 4.89. The van der Waals surface area contributed by atoms with Crippen LogP contribution in [0, 0.1) is 5.41 Å². The van der Waals surface area contributed by atoms with Crippen LogP contribution in [0.5, 0.6) is 0 Å². The van der Waals surface area contributed by atoms with Gasteiger partial charge in [0.25, 0.3) is 5.91 Å². The van der Waals surface area contributed by atoms with E-state index in [-0.39, 0.29) is 23.7 Å². The van der Waals surface area contributed by atoms with Gasteiger partial charge < -0.3 is 15.4 Å². The Morgan fingerprint density at radius 3 is 2.55 bits per heavy atom. The van der Waals surface area contributed by atoms with Crippen LogP contribution in [-0.2, 0) is 11.3 Å². The number of rotatable bonds is 4. The number of ether oxygens (including phenoxy) is 1. The molecule has 1 aliphatic rings. The van der Waals surface area contributed by atoms with E-state index in [1.807, 2.05) is 29.2 Å². The molecule has 5 heteroatoms. The lowest BCUT2D eigenvalue weighted by molar-refractivity contribution is 0.0777. The average molecular weight is 299 g/mol. The molecule has 0 spiro atoms. The molecule has 2 N–H and O–H groups in total. The lowest BCUT2D eigenvalue weighted by Crippen LogP contribution is -2.34. The maximum absolute atomic E-state index is 12.4. The fourth-order valence-electron chi connectivity index (χ4n) is 2.46. The van der Waals surface area contributed by atoms with Crippen LogP contribution in [0.25, 0.3) is 0 Å². The molecule has 0 radical (unpaired) electrons. The summed E-state index contributed by atoms with van der Waals surface area (Å²) in [6.07, 6.45) is 0.983. The molecular formula is C15H23ClN2O2. The maximum atomic E-state index is 12.4. The van der Waals surface area contributed by atoms with Gasteiger partial charge in [-0.05, 0) is 36.1 Å². The molecule has 0 aliphatic carbocycles. The second kappa shape index (κ2) is 7.07. The first-order valence-electron chi connectivity index (χ1n) is 6.65. The van der Waals surface area contributed by atoms with Crippen LogP contribution < -0.4 is 5.73 Å². The van der Waals surface area contributed by atoms with Crippen molar-refractivity contribution in [2.75, 3.05) is 26.7 Å². The van der Waals surface area contributed by atoms with E-state index in [1.165, 1.54) is 0 Å². The Morgan fingerprint density at radius 2 is 2.05 bits per heavy atom. The summed E-state index contributed by atoms with van der Waals surface area (Å²) in [7, 11) is 1.66. The molecule has 1 aromatic rings. The van der Waals surface area contributed by atoms with E-state index in [9.17, 15) is 4.79 Å². The fourth-order valence-corrected chi connectivity index (χ4v) is 2.46. The molecule has 0 aromatic heterocycles. The van der Waals surface area contributed by atoms with Gasteiger partial charge in [-0.15, -0.1) is 12.4 Å². The van der Waals surface area contributed by atoms with Gasteiger partial charge in [-0.2, -0.15) is 0 Å². The number of nitrogens with two attached hydrogens (primary N) is 1. The third kappa shape index (κ3) is 3.72. The Bertz CT molecular complexity index is 450. The topological polar surface area (TPSA) is 55.6 Å². The number of methoxy groups -OCH3 is 1. The highest BCUT2D eigenvalue weighted by Crippen LogP contribution is 2.29. The molecule has 1 atom stereocenters. The number of hydrogen-bond acceptors (Lipinski definition) is 3. The van der Waals surface area contributed by atoms with Crippen molar-refractivity contribution < 1.29 is 9.53 Å². The Hall–Kier alpha value is -1.10. The van der Waals surface area contributed by atoms with E-state index < -0.39 is 0 Å². The van der Waals surface area contributed by atoms with Gasteiger partial charge in [-0.1, -0.05) is 19.1 Å². The largest absolute Gasteiger partial charge is 0.380 e. The molecule has 0 saturated carbocycles. The molecule has 1 fully saturated rings. The predicted molar refractivity (Wildman–Crippen MR) is 82.1 cm³/mol. The van der Waals surface area contributed by atoms with E-state index in [0.29, 0.717) is 13.2 Å². The highest BCUT2D eigenvalue weighted by Gasteiger charge is 2.35. The van der Waals surface area contributed by atoms with Crippen LogP contribution in [0.3, 0.4) is 0 Å². The molecule has 0 bridgehead atoms.